The summed E-state index contributed by atoms with van der Waals surface area (Å²) in [4.78, 5) is 28.0. The molecule has 1 atom stereocenters. The van der Waals surface area contributed by atoms with E-state index in [1.54, 1.807) is 25.2 Å². The fourth-order valence-electron chi connectivity index (χ4n) is 2.76. The fourth-order valence-corrected chi connectivity index (χ4v) is 2.76. The Balaban J connectivity index is 1.75. The smallest absolute Gasteiger partial charge is 0.269 e. The highest BCUT2D eigenvalue weighted by Crippen LogP contribution is 2.28. The number of carbonyl (C=O) groups is 2. The van der Waals surface area contributed by atoms with E-state index < -0.39 is 0 Å². The Morgan fingerprint density at radius 3 is 2.85 bits per heavy atom. The molecular weight excluding hydrogens is 332 g/mol. The van der Waals surface area contributed by atoms with E-state index in [9.17, 15) is 9.59 Å². The first kappa shape index (κ1) is 17.9. The van der Waals surface area contributed by atoms with Crippen LogP contribution in [0.1, 0.15) is 22.5 Å². The van der Waals surface area contributed by atoms with Gasteiger partial charge in [-0.15, -0.1) is 0 Å². The second-order valence-corrected chi connectivity index (χ2v) is 6.22. The second kappa shape index (κ2) is 7.97. The van der Waals surface area contributed by atoms with E-state index >= 15 is 0 Å². The number of anilines is 1. The van der Waals surface area contributed by atoms with Crippen molar-refractivity contribution in [2.45, 2.75) is 13.3 Å². The quantitative estimate of drug-likeness (QED) is 0.765. The largest absolute Gasteiger partial charge is 0.457 e. The molecule has 1 saturated heterocycles. The molecule has 0 spiro atoms. The number of pyridine rings is 1. The van der Waals surface area contributed by atoms with Gasteiger partial charge in [0.05, 0.1) is 5.92 Å². The van der Waals surface area contributed by atoms with Crippen LogP contribution in [0.25, 0.3) is 0 Å². The van der Waals surface area contributed by atoms with Crippen molar-refractivity contribution in [2.75, 3.05) is 25.5 Å². The lowest BCUT2D eigenvalue weighted by Crippen LogP contribution is -2.24. The summed E-state index contributed by atoms with van der Waals surface area (Å²) in [5.41, 5.74) is 1.88. The van der Waals surface area contributed by atoms with Crippen molar-refractivity contribution in [1.29, 1.82) is 0 Å². The van der Waals surface area contributed by atoms with Crippen LogP contribution in [-0.4, -0.2) is 36.9 Å². The third-order valence-corrected chi connectivity index (χ3v) is 4.31. The van der Waals surface area contributed by atoms with Crippen LogP contribution in [0.15, 0.2) is 36.5 Å². The first-order valence-electron chi connectivity index (χ1n) is 8.55. The van der Waals surface area contributed by atoms with Gasteiger partial charge in [-0.2, -0.15) is 0 Å². The second-order valence-electron chi connectivity index (χ2n) is 6.22. The van der Waals surface area contributed by atoms with E-state index in [1.807, 2.05) is 19.1 Å². The lowest BCUT2D eigenvalue weighted by Gasteiger charge is -2.13. The van der Waals surface area contributed by atoms with Gasteiger partial charge in [-0.25, -0.2) is 0 Å². The minimum Gasteiger partial charge on any atom is -0.457 e. The average Bonchev–Trinajstić information content (AvgIpc) is 3.19. The molecule has 0 bridgehead atoms. The molecule has 1 fully saturated rings. The molecule has 1 aliphatic heterocycles. The van der Waals surface area contributed by atoms with Crippen molar-refractivity contribution in [1.82, 2.24) is 15.6 Å². The van der Waals surface area contributed by atoms with Crippen LogP contribution in [0, 0.1) is 12.8 Å². The third kappa shape index (κ3) is 4.18. The predicted octanol–water partition coefficient (Wildman–Crippen LogP) is 2.09. The Morgan fingerprint density at radius 1 is 1.27 bits per heavy atom. The Bertz CT molecular complexity index is 816. The van der Waals surface area contributed by atoms with Crippen LogP contribution >= 0.6 is 0 Å². The number of aromatic nitrogens is 1. The van der Waals surface area contributed by atoms with Gasteiger partial charge < -0.3 is 20.7 Å². The molecule has 2 aromatic rings. The summed E-state index contributed by atoms with van der Waals surface area (Å²) < 4.78 is 5.91. The van der Waals surface area contributed by atoms with Crippen molar-refractivity contribution in [3.63, 3.8) is 0 Å². The molecule has 3 N–H and O–H groups in total. The topological polar surface area (TPSA) is 92.4 Å². The van der Waals surface area contributed by atoms with E-state index in [2.05, 4.69) is 20.9 Å². The Kier molecular flexibility index (Phi) is 5.48. The minimum atomic E-state index is -0.279. The van der Waals surface area contributed by atoms with Crippen molar-refractivity contribution in [3.8, 4) is 11.5 Å². The van der Waals surface area contributed by atoms with Crippen LogP contribution in [-0.2, 0) is 4.79 Å². The Hall–Kier alpha value is -2.93. The van der Waals surface area contributed by atoms with Crippen LogP contribution in [0.5, 0.6) is 11.5 Å². The average molecular weight is 354 g/mol. The van der Waals surface area contributed by atoms with Crippen LogP contribution < -0.4 is 20.7 Å². The molecule has 3 rings (SSSR count). The molecule has 1 aliphatic rings. The van der Waals surface area contributed by atoms with Crippen LogP contribution in [0.4, 0.5) is 5.69 Å². The molecule has 1 unspecified atom stereocenters. The molecule has 1 aromatic carbocycles. The number of amides is 2. The number of nitrogens with zero attached hydrogens (tertiary/aromatic N) is 1. The zero-order valence-corrected chi connectivity index (χ0v) is 14.8. The molecule has 0 radical (unpaired) electrons. The lowest BCUT2D eigenvalue weighted by atomic mass is 10.1. The van der Waals surface area contributed by atoms with Gasteiger partial charge in [-0.05, 0) is 37.6 Å². The maximum absolute atomic E-state index is 12.3. The molecule has 1 aromatic heterocycles. The highest BCUT2D eigenvalue weighted by molar-refractivity contribution is 5.93. The first-order chi connectivity index (χ1) is 12.6. The van der Waals surface area contributed by atoms with Crippen LogP contribution in [0.3, 0.4) is 0 Å². The molecule has 0 saturated carbocycles. The SMILES string of the molecule is CNC(=O)c1cc(Oc2cc(NC(=O)C3CCNC3)ccc2C)ccn1. The number of hydrogen-bond donors (Lipinski definition) is 3. The van der Waals surface area contributed by atoms with E-state index in [0.29, 0.717) is 23.7 Å². The molecule has 26 heavy (non-hydrogen) atoms. The van der Waals surface area contributed by atoms with Gasteiger partial charge >= 0.3 is 0 Å². The maximum atomic E-state index is 12.3. The summed E-state index contributed by atoms with van der Waals surface area (Å²) in [5, 5.41) is 8.66. The van der Waals surface area contributed by atoms with E-state index in [1.165, 1.54) is 6.20 Å². The number of rotatable bonds is 5. The van der Waals surface area contributed by atoms with Crippen molar-refractivity contribution >= 4 is 17.5 Å². The number of hydrogen-bond acceptors (Lipinski definition) is 5. The van der Waals surface area contributed by atoms with Gasteiger partial charge in [0.25, 0.3) is 5.91 Å². The Labute approximate surface area is 152 Å². The number of aryl methyl sites for hydroxylation is 1. The normalized spacial score (nSPS) is 16.2. The zero-order valence-electron chi connectivity index (χ0n) is 14.8. The summed E-state index contributed by atoms with van der Waals surface area (Å²) in [7, 11) is 1.55. The van der Waals surface area contributed by atoms with Gasteiger partial charge in [0, 0.05) is 37.6 Å². The van der Waals surface area contributed by atoms with E-state index in [4.69, 9.17) is 4.74 Å². The van der Waals surface area contributed by atoms with Crippen molar-refractivity contribution in [3.05, 3.63) is 47.8 Å². The molecule has 136 valence electrons. The molecule has 2 heterocycles. The van der Waals surface area contributed by atoms with Crippen molar-refractivity contribution < 1.29 is 14.3 Å². The summed E-state index contributed by atoms with van der Waals surface area (Å²) in [6, 6.07) is 8.79. The maximum Gasteiger partial charge on any atom is 0.269 e. The number of nitrogens with one attached hydrogen (secondary N) is 3. The predicted molar refractivity (Wildman–Crippen MR) is 98.5 cm³/mol. The monoisotopic (exact) mass is 354 g/mol. The van der Waals surface area contributed by atoms with Gasteiger partial charge in [0.2, 0.25) is 5.91 Å². The number of ether oxygens (including phenoxy) is 1. The van der Waals surface area contributed by atoms with Gasteiger partial charge in [0.15, 0.2) is 0 Å². The molecule has 7 heteroatoms. The van der Waals surface area contributed by atoms with E-state index in [0.717, 1.165) is 18.5 Å². The van der Waals surface area contributed by atoms with Crippen LogP contribution in [0.2, 0.25) is 0 Å². The summed E-state index contributed by atoms with van der Waals surface area (Å²) in [6.07, 6.45) is 2.37. The fraction of sp³-hybridized carbons (Fsp3) is 0.316. The number of benzene rings is 1. The van der Waals surface area contributed by atoms with E-state index in [-0.39, 0.29) is 23.4 Å². The standard InChI is InChI=1S/C19H22N4O3/c1-12-3-4-14(23-18(24)13-5-7-21-11-13)9-17(12)26-15-6-8-22-16(10-15)19(25)20-2/h3-4,6,8-10,13,21H,5,7,11H2,1-2H3,(H,20,25)(H,23,24). The lowest BCUT2D eigenvalue weighted by molar-refractivity contribution is -0.119. The molecule has 2 amide bonds. The number of carbonyl (C=O) groups excluding carboxylic acids is 2. The van der Waals surface area contributed by atoms with Gasteiger partial charge in [0.1, 0.15) is 17.2 Å². The molecular formula is C19H22N4O3. The summed E-state index contributed by atoms with van der Waals surface area (Å²) in [6.45, 7) is 3.50. The summed E-state index contributed by atoms with van der Waals surface area (Å²) >= 11 is 0. The third-order valence-electron chi connectivity index (χ3n) is 4.31. The summed E-state index contributed by atoms with van der Waals surface area (Å²) in [5.74, 6) is 0.844. The zero-order chi connectivity index (χ0) is 18.5. The first-order valence-corrected chi connectivity index (χ1v) is 8.55. The highest BCUT2D eigenvalue weighted by Gasteiger charge is 2.22. The van der Waals surface area contributed by atoms with Crippen molar-refractivity contribution in [2.24, 2.45) is 5.92 Å². The highest BCUT2D eigenvalue weighted by atomic mass is 16.5. The minimum absolute atomic E-state index is 0.00372. The van der Waals surface area contributed by atoms with Gasteiger partial charge in [-0.3, -0.25) is 14.6 Å². The molecule has 0 aliphatic carbocycles. The molecule has 7 nitrogen and oxygen atoms in total. The van der Waals surface area contributed by atoms with Gasteiger partial charge in [-0.1, -0.05) is 6.07 Å². The Morgan fingerprint density at radius 2 is 2.12 bits per heavy atom.